The highest BCUT2D eigenvalue weighted by Crippen LogP contribution is 2.42. The fourth-order valence-electron chi connectivity index (χ4n) is 3.15. The maximum Gasteiger partial charge on any atom is 0.262 e. The molecule has 1 N–H and O–H groups in total. The number of hydrogen-bond acceptors (Lipinski definition) is 4. The van der Waals surface area contributed by atoms with E-state index in [0.29, 0.717) is 54.4 Å². The number of fused-ring (bicyclic) bond motifs is 1. The lowest BCUT2D eigenvalue weighted by Gasteiger charge is -2.15. The van der Waals surface area contributed by atoms with Crippen LogP contribution in [-0.4, -0.2) is 17.5 Å². The molecule has 0 aliphatic carbocycles. The first-order valence-electron chi connectivity index (χ1n) is 9.58. The molecule has 0 saturated heterocycles. The van der Waals surface area contributed by atoms with Gasteiger partial charge in [-0.15, -0.1) is 0 Å². The van der Waals surface area contributed by atoms with E-state index in [1.54, 1.807) is 50.2 Å². The average Bonchev–Trinajstić information content (AvgIpc) is 3.21. The molecule has 0 unspecified atom stereocenters. The lowest BCUT2D eigenvalue weighted by Crippen LogP contribution is -2.20. The fraction of sp³-hybridized carbons (Fsp3) is 0.130. The van der Waals surface area contributed by atoms with Gasteiger partial charge in [-0.05, 0) is 61.4 Å². The first kappa shape index (κ1) is 24.0. The van der Waals surface area contributed by atoms with Crippen LogP contribution in [0.2, 0.25) is 25.1 Å². The van der Waals surface area contributed by atoms with Crippen LogP contribution in [-0.2, 0) is 4.79 Å². The lowest BCUT2D eigenvalue weighted by atomic mass is 10.1. The molecule has 0 aliphatic heterocycles. The summed E-state index contributed by atoms with van der Waals surface area (Å²) >= 11 is 30.9. The number of oxazole rings is 1. The van der Waals surface area contributed by atoms with Gasteiger partial charge in [0.1, 0.15) is 5.52 Å². The zero-order valence-corrected chi connectivity index (χ0v) is 21.0. The fourth-order valence-corrected chi connectivity index (χ4v) is 4.49. The zero-order chi connectivity index (χ0) is 23.9. The predicted octanol–water partition coefficient (Wildman–Crippen LogP) is 8.40. The normalized spacial score (nSPS) is 11.1. The topological polar surface area (TPSA) is 64.4 Å². The van der Waals surface area contributed by atoms with E-state index in [4.69, 9.17) is 67.2 Å². The monoisotopic (exact) mass is 542 g/mol. The summed E-state index contributed by atoms with van der Waals surface area (Å²) in [5.74, 6) is 0.217. The highest BCUT2D eigenvalue weighted by atomic mass is 35.5. The van der Waals surface area contributed by atoms with Gasteiger partial charge in [0.2, 0.25) is 5.89 Å². The van der Waals surface area contributed by atoms with Crippen molar-refractivity contribution in [2.75, 3.05) is 11.9 Å². The number of ether oxygens (including phenoxy) is 1. The quantitative estimate of drug-likeness (QED) is 0.274. The molecule has 10 heteroatoms. The molecule has 33 heavy (non-hydrogen) atoms. The van der Waals surface area contributed by atoms with E-state index in [9.17, 15) is 4.79 Å². The first-order chi connectivity index (χ1) is 15.7. The number of carbonyl (C=O) groups is 1. The van der Waals surface area contributed by atoms with Crippen molar-refractivity contribution < 1.29 is 13.9 Å². The van der Waals surface area contributed by atoms with Gasteiger partial charge < -0.3 is 14.5 Å². The number of anilines is 1. The molecule has 0 atom stereocenters. The largest absolute Gasteiger partial charge is 0.481 e. The Balaban J connectivity index is 1.45. The molecule has 0 radical (unpaired) electrons. The summed E-state index contributed by atoms with van der Waals surface area (Å²) < 4.78 is 11.3. The molecule has 0 aliphatic rings. The molecule has 1 amide bonds. The minimum absolute atomic E-state index is 0.220. The minimum Gasteiger partial charge on any atom is -0.481 e. The van der Waals surface area contributed by atoms with Gasteiger partial charge in [0.25, 0.3) is 5.91 Å². The number of amides is 1. The summed E-state index contributed by atoms with van der Waals surface area (Å²) in [5, 5.41) is 4.61. The van der Waals surface area contributed by atoms with Crippen LogP contribution in [0.5, 0.6) is 5.75 Å². The third kappa shape index (κ3) is 4.88. The second-order valence-electron chi connectivity index (χ2n) is 7.19. The second-order valence-corrected chi connectivity index (χ2v) is 9.17. The van der Waals surface area contributed by atoms with Crippen molar-refractivity contribution >= 4 is 80.7 Å². The molecule has 4 aromatic rings. The summed E-state index contributed by atoms with van der Waals surface area (Å²) in [6.45, 7) is 3.22. The summed E-state index contributed by atoms with van der Waals surface area (Å²) in [4.78, 5) is 16.8. The third-order valence-electron chi connectivity index (χ3n) is 4.89. The number of benzene rings is 3. The maximum atomic E-state index is 12.4. The Kier molecular flexibility index (Phi) is 6.99. The van der Waals surface area contributed by atoms with Gasteiger partial charge in [-0.2, -0.15) is 0 Å². The Hall–Kier alpha value is -2.15. The number of hydrogen-bond donors (Lipinski definition) is 1. The number of aromatic nitrogens is 1. The van der Waals surface area contributed by atoms with Crippen LogP contribution >= 0.6 is 58.0 Å². The van der Waals surface area contributed by atoms with Crippen LogP contribution < -0.4 is 10.1 Å². The van der Waals surface area contributed by atoms with Gasteiger partial charge in [0.15, 0.2) is 17.9 Å². The first-order valence-corrected chi connectivity index (χ1v) is 11.5. The van der Waals surface area contributed by atoms with E-state index in [0.717, 1.165) is 0 Å². The predicted molar refractivity (Wildman–Crippen MR) is 135 cm³/mol. The molecule has 4 rings (SSSR count). The second kappa shape index (κ2) is 9.61. The summed E-state index contributed by atoms with van der Waals surface area (Å²) in [5.41, 5.74) is 3.55. The van der Waals surface area contributed by atoms with Crippen LogP contribution in [0.25, 0.3) is 22.6 Å². The van der Waals surface area contributed by atoms with Crippen molar-refractivity contribution in [3.8, 4) is 17.2 Å². The van der Waals surface area contributed by atoms with E-state index < -0.39 is 0 Å². The van der Waals surface area contributed by atoms with E-state index in [-0.39, 0.29) is 28.3 Å². The maximum absolute atomic E-state index is 12.4. The molecule has 0 bridgehead atoms. The molecular weight excluding hydrogens is 530 g/mol. The number of nitrogens with zero attached hydrogens (tertiary/aromatic N) is 1. The molecule has 0 fully saturated rings. The minimum atomic E-state index is -0.386. The average molecular weight is 545 g/mol. The van der Waals surface area contributed by atoms with Crippen LogP contribution in [0, 0.1) is 13.8 Å². The SMILES string of the molecule is Cc1c(Cl)c(C)c(Cl)c(OCC(=O)Nc2ccc(-c3nc4cc(Cl)cc(Cl)c4o3)cc2)c1Cl. The summed E-state index contributed by atoms with van der Waals surface area (Å²) in [6.07, 6.45) is 0. The van der Waals surface area contributed by atoms with Gasteiger partial charge in [-0.1, -0.05) is 58.0 Å². The smallest absolute Gasteiger partial charge is 0.262 e. The molecular formula is C23H15Cl5N2O3. The standard InChI is InChI=1S/C23H15Cl5N2O3/c1-10-18(26)11(2)20(28)22(19(10)27)32-9-17(31)29-14-5-3-12(4-6-14)23-30-16-8-13(24)7-15(25)21(16)33-23/h3-8H,9H2,1-2H3,(H,29,31). The van der Waals surface area contributed by atoms with Crippen molar-refractivity contribution in [3.63, 3.8) is 0 Å². The van der Waals surface area contributed by atoms with Gasteiger partial charge in [-0.3, -0.25) is 4.79 Å². The van der Waals surface area contributed by atoms with Crippen molar-refractivity contribution in [3.05, 3.63) is 72.6 Å². The molecule has 170 valence electrons. The van der Waals surface area contributed by atoms with Gasteiger partial charge in [-0.25, -0.2) is 4.98 Å². The van der Waals surface area contributed by atoms with Crippen molar-refractivity contribution in [2.24, 2.45) is 0 Å². The molecule has 1 heterocycles. The number of halogens is 5. The van der Waals surface area contributed by atoms with E-state index in [1.807, 2.05) is 0 Å². The summed E-state index contributed by atoms with van der Waals surface area (Å²) in [7, 11) is 0. The van der Waals surface area contributed by atoms with Gasteiger partial charge in [0, 0.05) is 21.3 Å². The van der Waals surface area contributed by atoms with E-state index in [1.165, 1.54) is 0 Å². The Morgan fingerprint density at radius 1 is 0.970 bits per heavy atom. The zero-order valence-electron chi connectivity index (χ0n) is 17.2. The highest BCUT2D eigenvalue weighted by Gasteiger charge is 2.19. The molecule has 1 aromatic heterocycles. The van der Waals surface area contributed by atoms with Crippen LogP contribution in [0.15, 0.2) is 40.8 Å². The van der Waals surface area contributed by atoms with Gasteiger partial charge >= 0.3 is 0 Å². The van der Waals surface area contributed by atoms with E-state index >= 15 is 0 Å². The number of carbonyl (C=O) groups excluding carboxylic acids is 1. The molecule has 0 spiro atoms. The van der Waals surface area contributed by atoms with E-state index in [2.05, 4.69) is 10.3 Å². The van der Waals surface area contributed by atoms with Crippen LogP contribution in [0.1, 0.15) is 11.1 Å². The Labute approximate surface area is 214 Å². The summed E-state index contributed by atoms with van der Waals surface area (Å²) in [6, 6.07) is 10.2. The van der Waals surface area contributed by atoms with Crippen LogP contribution in [0.3, 0.4) is 0 Å². The van der Waals surface area contributed by atoms with Gasteiger partial charge in [0.05, 0.1) is 15.1 Å². The molecule has 0 saturated carbocycles. The van der Waals surface area contributed by atoms with Crippen molar-refractivity contribution in [1.82, 2.24) is 4.98 Å². The van der Waals surface area contributed by atoms with Crippen molar-refractivity contribution in [1.29, 1.82) is 0 Å². The van der Waals surface area contributed by atoms with Crippen LogP contribution in [0.4, 0.5) is 5.69 Å². The van der Waals surface area contributed by atoms with Crippen molar-refractivity contribution in [2.45, 2.75) is 13.8 Å². The Morgan fingerprint density at radius 3 is 2.24 bits per heavy atom. The molecule has 5 nitrogen and oxygen atoms in total. The Morgan fingerprint density at radius 2 is 1.61 bits per heavy atom. The number of rotatable bonds is 5. The Bertz CT molecular complexity index is 1350. The number of nitrogens with one attached hydrogen (secondary N) is 1. The third-order valence-corrected chi connectivity index (χ3v) is 6.86. The lowest BCUT2D eigenvalue weighted by molar-refractivity contribution is -0.118. The highest BCUT2D eigenvalue weighted by molar-refractivity contribution is 6.42. The molecule has 3 aromatic carbocycles.